The Hall–Kier alpha value is -1.65. The SMILES string of the molecule is NNc1cc(NCCOCCO)nc(C(F)(F)F)n1. The fourth-order valence-corrected chi connectivity index (χ4v) is 1.16. The molecule has 0 fully saturated rings. The molecule has 0 atom stereocenters. The summed E-state index contributed by atoms with van der Waals surface area (Å²) in [6.45, 7) is 0.497. The zero-order valence-corrected chi connectivity index (χ0v) is 9.87. The van der Waals surface area contributed by atoms with Crippen LogP contribution in [0.3, 0.4) is 0 Å². The number of hydrazine groups is 1. The molecule has 1 aromatic rings. The Balaban J connectivity index is 2.67. The molecular weight excluding hydrogens is 267 g/mol. The van der Waals surface area contributed by atoms with Crippen molar-refractivity contribution < 1.29 is 23.0 Å². The van der Waals surface area contributed by atoms with Gasteiger partial charge in [-0.2, -0.15) is 13.2 Å². The molecule has 0 saturated heterocycles. The van der Waals surface area contributed by atoms with Crippen LogP contribution in [0.15, 0.2) is 6.07 Å². The third-order valence-corrected chi connectivity index (χ3v) is 1.92. The van der Waals surface area contributed by atoms with Crippen LogP contribution >= 0.6 is 0 Å². The summed E-state index contributed by atoms with van der Waals surface area (Å²) in [5, 5.41) is 11.1. The first-order valence-electron chi connectivity index (χ1n) is 5.32. The van der Waals surface area contributed by atoms with E-state index in [1.165, 1.54) is 6.07 Å². The largest absolute Gasteiger partial charge is 0.451 e. The lowest BCUT2D eigenvalue weighted by atomic mass is 10.4. The molecule has 19 heavy (non-hydrogen) atoms. The lowest BCUT2D eigenvalue weighted by molar-refractivity contribution is -0.144. The minimum absolute atomic E-state index is 0.0251. The Morgan fingerprint density at radius 2 is 1.95 bits per heavy atom. The summed E-state index contributed by atoms with van der Waals surface area (Å²) in [7, 11) is 0. The van der Waals surface area contributed by atoms with Crippen LogP contribution < -0.4 is 16.6 Å². The maximum absolute atomic E-state index is 12.5. The molecule has 10 heteroatoms. The Kier molecular flexibility index (Phi) is 5.73. The van der Waals surface area contributed by atoms with Crippen molar-refractivity contribution >= 4 is 11.6 Å². The van der Waals surface area contributed by atoms with Crippen LogP contribution in [-0.4, -0.2) is 41.4 Å². The van der Waals surface area contributed by atoms with Crippen LogP contribution in [0.4, 0.5) is 24.8 Å². The third-order valence-electron chi connectivity index (χ3n) is 1.92. The number of hydrogen-bond acceptors (Lipinski definition) is 7. The maximum Gasteiger partial charge on any atom is 0.451 e. The van der Waals surface area contributed by atoms with Gasteiger partial charge in [-0.1, -0.05) is 0 Å². The van der Waals surface area contributed by atoms with E-state index < -0.39 is 12.0 Å². The number of aromatic nitrogens is 2. The number of halogens is 3. The molecule has 0 radical (unpaired) electrons. The van der Waals surface area contributed by atoms with Gasteiger partial charge >= 0.3 is 6.18 Å². The van der Waals surface area contributed by atoms with Crippen molar-refractivity contribution in [2.45, 2.75) is 6.18 Å². The second-order valence-electron chi connectivity index (χ2n) is 3.37. The molecular formula is C9H14F3N5O2. The quantitative estimate of drug-likeness (QED) is 0.321. The molecule has 0 spiro atoms. The van der Waals surface area contributed by atoms with Crippen molar-refractivity contribution in [3.8, 4) is 0 Å². The zero-order chi connectivity index (χ0) is 14.3. The normalized spacial score (nSPS) is 11.4. The zero-order valence-electron chi connectivity index (χ0n) is 9.87. The van der Waals surface area contributed by atoms with Crippen LogP contribution in [-0.2, 0) is 10.9 Å². The molecule has 0 unspecified atom stereocenters. The predicted octanol–water partition coefficient (Wildman–Crippen LogP) is 0.202. The van der Waals surface area contributed by atoms with Gasteiger partial charge in [0.05, 0.1) is 19.8 Å². The van der Waals surface area contributed by atoms with E-state index in [0.717, 1.165) is 0 Å². The van der Waals surface area contributed by atoms with Crippen LogP contribution in [0, 0.1) is 0 Å². The number of rotatable bonds is 7. The van der Waals surface area contributed by atoms with Gasteiger partial charge in [0, 0.05) is 12.6 Å². The minimum Gasteiger partial charge on any atom is -0.394 e. The van der Waals surface area contributed by atoms with Crippen molar-refractivity contribution in [2.24, 2.45) is 5.84 Å². The highest BCUT2D eigenvalue weighted by Gasteiger charge is 2.35. The summed E-state index contributed by atoms with van der Waals surface area (Å²) in [4.78, 5) is 6.53. The molecule has 0 aliphatic carbocycles. The molecule has 0 aromatic carbocycles. The van der Waals surface area contributed by atoms with E-state index in [9.17, 15) is 13.2 Å². The second-order valence-corrected chi connectivity index (χ2v) is 3.37. The summed E-state index contributed by atoms with van der Waals surface area (Å²) in [6.07, 6.45) is -4.66. The molecule has 0 amide bonds. The van der Waals surface area contributed by atoms with E-state index in [1.807, 2.05) is 5.43 Å². The molecule has 7 nitrogen and oxygen atoms in total. The van der Waals surface area contributed by atoms with Crippen LogP contribution in [0.2, 0.25) is 0 Å². The van der Waals surface area contributed by atoms with Crippen molar-refractivity contribution in [3.05, 3.63) is 11.9 Å². The number of alkyl halides is 3. The Morgan fingerprint density at radius 3 is 2.53 bits per heavy atom. The first kappa shape index (κ1) is 15.4. The van der Waals surface area contributed by atoms with E-state index in [2.05, 4.69) is 15.3 Å². The molecule has 1 rings (SSSR count). The number of nitrogens with one attached hydrogen (secondary N) is 2. The average Bonchev–Trinajstić information content (AvgIpc) is 2.37. The molecule has 0 saturated carbocycles. The van der Waals surface area contributed by atoms with Gasteiger partial charge in [0.25, 0.3) is 0 Å². The van der Waals surface area contributed by atoms with Gasteiger partial charge in [-0.25, -0.2) is 15.8 Å². The van der Waals surface area contributed by atoms with Gasteiger partial charge in [0.1, 0.15) is 11.6 Å². The molecule has 5 N–H and O–H groups in total. The molecule has 0 aliphatic rings. The number of aliphatic hydroxyl groups excluding tert-OH is 1. The standard InChI is InChI=1S/C9H14F3N5O2/c10-9(11,12)8-15-6(5-7(16-8)17-13)14-1-3-19-4-2-18/h5,18H,1-4,13H2,(H2,14,15,16,17). The number of anilines is 2. The number of aliphatic hydroxyl groups is 1. The fraction of sp³-hybridized carbons (Fsp3) is 0.556. The van der Waals surface area contributed by atoms with Crippen molar-refractivity contribution in [3.63, 3.8) is 0 Å². The van der Waals surface area contributed by atoms with E-state index >= 15 is 0 Å². The lowest BCUT2D eigenvalue weighted by Gasteiger charge is -2.11. The second kappa shape index (κ2) is 7.07. The van der Waals surface area contributed by atoms with Gasteiger partial charge in [-0.05, 0) is 0 Å². The molecule has 0 aliphatic heterocycles. The number of hydrogen-bond donors (Lipinski definition) is 4. The fourth-order valence-electron chi connectivity index (χ4n) is 1.16. The summed E-state index contributed by atoms with van der Waals surface area (Å²) in [6, 6.07) is 1.24. The topological polar surface area (TPSA) is 105 Å². The van der Waals surface area contributed by atoms with Crippen molar-refractivity contribution in [1.29, 1.82) is 0 Å². The summed E-state index contributed by atoms with van der Waals surface area (Å²) >= 11 is 0. The number of ether oxygens (including phenoxy) is 1. The monoisotopic (exact) mass is 281 g/mol. The predicted molar refractivity (Wildman–Crippen MR) is 61.2 cm³/mol. The van der Waals surface area contributed by atoms with Gasteiger partial charge in [0.15, 0.2) is 0 Å². The van der Waals surface area contributed by atoms with Crippen molar-refractivity contribution in [2.75, 3.05) is 37.1 Å². The van der Waals surface area contributed by atoms with Gasteiger partial charge in [-0.3, -0.25) is 0 Å². The molecule has 0 bridgehead atoms. The molecule has 1 aromatic heterocycles. The van der Waals surface area contributed by atoms with Gasteiger partial charge in [-0.15, -0.1) is 0 Å². The van der Waals surface area contributed by atoms with Gasteiger partial charge in [0.2, 0.25) is 5.82 Å². The van der Waals surface area contributed by atoms with E-state index in [0.29, 0.717) is 0 Å². The summed E-state index contributed by atoms with van der Waals surface area (Å²) in [5.74, 6) is 3.57. The Labute approximate surface area is 107 Å². The Morgan fingerprint density at radius 1 is 1.26 bits per heavy atom. The first-order valence-corrected chi connectivity index (χ1v) is 5.32. The third kappa shape index (κ3) is 5.24. The van der Waals surface area contributed by atoms with Crippen LogP contribution in [0.5, 0.6) is 0 Å². The first-order chi connectivity index (χ1) is 8.97. The highest BCUT2D eigenvalue weighted by molar-refractivity contribution is 5.47. The number of nitrogens with zero attached hydrogens (tertiary/aromatic N) is 2. The lowest BCUT2D eigenvalue weighted by Crippen LogP contribution is -2.18. The molecule has 108 valence electrons. The summed E-state index contributed by atoms with van der Waals surface area (Å²) < 4.78 is 42.4. The van der Waals surface area contributed by atoms with E-state index in [1.54, 1.807) is 0 Å². The van der Waals surface area contributed by atoms with Gasteiger partial charge < -0.3 is 20.6 Å². The van der Waals surface area contributed by atoms with Crippen LogP contribution in [0.1, 0.15) is 5.82 Å². The van der Waals surface area contributed by atoms with E-state index in [-0.39, 0.29) is 38.0 Å². The summed E-state index contributed by atoms with van der Waals surface area (Å²) in [5.41, 5.74) is 2.04. The number of nitrogen functional groups attached to an aromatic ring is 1. The maximum atomic E-state index is 12.5. The van der Waals surface area contributed by atoms with E-state index in [4.69, 9.17) is 15.7 Å². The smallest absolute Gasteiger partial charge is 0.394 e. The highest BCUT2D eigenvalue weighted by atomic mass is 19.4. The average molecular weight is 281 g/mol. The number of nitrogens with two attached hydrogens (primary N) is 1. The minimum atomic E-state index is -4.66. The highest BCUT2D eigenvalue weighted by Crippen LogP contribution is 2.28. The molecule has 1 heterocycles. The van der Waals surface area contributed by atoms with Crippen LogP contribution in [0.25, 0.3) is 0 Å². The Bertz CT molecular complexity index is 402. The van der Waals surface area contributed by atoms with Crippen molar-refractivity contribution in [1.82, 2.24) is 9.97 Å².